The van der Waals surface area contributed by atoms with Crippen molar-refractivity contribution in [2.45, 2.75) is 31.7 Å². The van der Waals surface area contributed by atoms with Gasteiger partial charge >= 0.3 is 0 Å². The van der Waals surface area contributed by atoms with Crippen LogP contribution in [-0.4, -0.2) is 84.6 Å². The molecule has 1 aliphatic heterocycles. The number of amides is 2. The summed E-state index contributed by atoms with van der Waals surface area (Å²) in [6.45, 7) is 1.76. The fourth-order valence-corrected chi connectivity index (χ4v) is 4.06. The second-order valence-electron chi connectivity index (χ2n) is 9.37. The Kier molecular flexibility index (Phi) is 10.8. The van der Waals surface area contributed by atoms with Crippen molar-refractivity contribution in [1.82, 2.24) is 25.1 Å². The molecule has 11 heteroatoms. The first kappa shape index (κ1) is 29.1. The first-order valence-corrected chi connectivity index (χ1v) is 12.9. The molecule has 0 spiro atoms. The molecule has 0 aliphatic carbocycles. The molecule has 11 nitrogen and oxygen atoms in total. The number of likely N-dealkylation sites (N-methyl/N-ethyl adjacent to an activating group) is 1. The van der Waals surface area contributed by atoms with Crippen LogP contribution in [-0.2, 0) is 9.59 Å². The minimum absolute atomic E-state index is 0.113. The molecule has 39 heavy (non-hydrogen) atoms. The van der Waals surface area contributed by atoms with Crippen molar-refractivity contribution in [1.29, 1.82) is 5.41 Å². The number of likely N-dealkylation sites (tertiary alicyclic amines) is 1. The Morgan fingerprint density at radius 2 is 2.15 bits per heavy atom. The zero-order valence-electron chi connectivity index (χ0n) is 22.8. The number of nitrogens with zero attached hydrogens (tertiary/aromatic N) is 4. The van der Waals surface area contributed by atoms with Gasteiger partial charge < -0.3 is 36.9 Å². The Morgan fingerprint density at radius 1 is 1.33 bits per heavy atom. The van der Waals surface area contributed by atoms with Gasteiger partial charge in [-0.3, -0.25) is 9.59 Å². The van der Waals surface area contributed by atoms with Gasteiger partial charge in [0.05, 0.1) is 11.8 Å². The molecule has 1 aromatic heterocycles. The number of anilines is 4. The summed E-state index contributed by atoms with van der Waals surface area (Å²) < 4.78 is 0. The van der Waals surface area contributed by atoms with E-state index in [1.54, 1.807) is 42.4 Å². The Morgan fingerprint density at radius 3 is 2.90 bits per heavy atom. The largest absolute Gasteiger partial charge is 0.398 e. The lowest BCUT2D eigenvalue weighted by Gasteiger charge is -2.22. The third-order valence-electron chi connectivity index (χ3n) is 6.09. The van der Waals surface area contributed by atoms with Crippen LogP contribution < -0.4 is 21.7 Å². The molecule has 2 amide bonds. The predicted molar refractivity (Wildman–Crippen MR) is 155 cm³/mol. The summed E-state index contributed by atoms with van der Waals surface area (Å²) in [7, 11) is 5.64. The van der Waals surface area contributed by atoms with Gasteiger partial charge in [-0.15, -0.1) is 0 Å². The monoisotopic (exact) mass is 531 g/mol. The molecule has 0 radical (unpaired) electrons. The number of carbonyl (C=O) groups is 2. The Labute approximate surface area is 229 Å². The van der Waals surface area contributed by atoms with Crippen molar-refractivity contribution in [2.75, 3.05) is 57.1 Å². The van der Waals surface area contributed by atoms with Gasteiger partial charge in [-0.2, -0.15) is 4.98 Å². The van der Waals surface area contributed by atoms with Gasteiger partial charge in [0.2, 0.25) is 17.8 Å². The quantitative estimate of drug-likeness (QED) is 0.0973. The lowest BCUT2D eigenvalue weighted by molar-refractivity contribution is -0.135. The number of benzene rings is 1. The van der Waals surface area contributed by atoms with E-state index in [0.29, 0.717) is 67.5 Å². The maximum absolute atomic E-state index is 12.7. The number of aromatic nitrogens is 2. The van der Waals surface area contributed by atoms with Crippen molar-refractivity contribution in [3.05, 3.63) is 47.7 Å². The Balaban J connectivity index is 1.48. The molecule has 0 bridgehead atoms. The maximum Gasteiger partial charge on any atom is 0.246 e. The number of carbonyl (C=O) groups excluding carboxylic acids is 2. The van der Waals surface area contributed by atoms with Crippen LogP contribution in [0, 0.1) is 17.3 Å². The molecule has 0 saturated carbocycles. The average Bonchev–Trinajstić information content (AvgIpc) is 3.42. The normalized spacial score (nSPS) is 14.7. The minimum Gasteiger partial charge on any atom is -0.398 e. The second-order valence-corrected chi connectivity index (χ2v) is 9.37. The van der Waals surface area contributed by atoms with Gasteiger partial charge in [0.25, 0.3) is 0 Å². The summed E-state index contributed by atoms with van der Waals surface area (Å²) in [5, 5.41) is 16.5. The van der Waals surface area contributed by atoms with E-state index in [4.69, 9.17) is 11.1 Å². The van der Waals surface area contributed by atoms with Crippen molar-refractivity contribution in [3.63, 3.8) is 0 Å². The van der Waals surface area contributed by atoms with E-state index in [1.165, 1.54) is 6.21 Å². The van der Waals surface area contributed by atoms with Gasteiger partial charge in [-0.25, -0.2) is 4.98 Å². The van der Waals surface area contributed by atoms with Crippen LogP contribution in [0.4, 0.5) is 23.1 Å². The SMILES string of the molecule is CNc1nc(Nc2ccc(N)c(C=N)c2)ncc1C#CCCCNC(=O)[C@@H]1CCCN1C(=O)/C=C/CN(C)C. The van der Waals surface area contributed by atoms with E-state index in [0.717, 1.165) is 12.1 Å². The van der Waals surface area contributed by atoms with Crippen LogP contribution in [0.15, 0.2) is 36.5 Å². The zero-order chi connectivity index (χ0) is 28.2. The van der Waals surface area contributed by atoms with Crippen LogP contribution in [0.1, 0.15) is 36.8 Å². The number of nitrogen functional groups attached to an aromatic ring is 1. The average molecular weight is 532 g/mol. The number of nitrogens with one attached hydrogen (secondary N) is 4. The lowest BCUT2D eigenvalue weighted by Crippen LogP contribution is -2.45. The lowest BCUT2D eigenvalue weighted by atomic mass is 10.2. The van der Waals surface area contributed by atoms with Gasteiger partial charge in [0.15, 0.2) is 0 Å². The van der Waals surface area contributed by atoms with Crippen molar-refractivity contribution >= 4 is 41.2 Å². The molecule has 1 atom stereocenters. The van der Waals surface area contributed by atoms with E-state index in [2.05, 4.69) is 37.8 Å². The van der Waals surface area contributed by atoms with E-state index < -0.39 is 6.04 Å². The van der Waals surface area contributed by atoms with Crippen LogP contribution in [0.25, 0.3) is 0 Å². The maximum atomic E-state index is 12.7. The highest BCUT2D eigenvalue weighted by atomic mass is 16.2. The van der Waals surface area contributed by atoms with E-state index in [-0.39, 0.29) is 11.8 Å². The standard InChI is InChI=1S/C28H37N9O2/c1-31-26-20(19-33-28(35-26)34-22-12-13-23(30)21(17-22)18-29)9-5-4-6-14-32-27(39)24-10-7-16-37(24)25(38)11-8-15-36(2)3/h8,11-13,17-19,24,29H,4,6-7,10,14-16,30H2,1-3H3,(H,32,39)(H2,31,33,34,35)/b11-8+,29-18?/t24-/m0/s1. The molecule has 6 N–H and O–H groups in total. The molecule has 1 aliphatic rings. The summed E-state index contributed by atoms with van der Waals surface area (Å²) in [6, 6.07) is 4.85. The highest BCUT2D eigenvalue weighted by Crippen LogP contribution is 2.21. The number of hydrogen-bond acceptors (Lipinski definition) is 9. The molecule has 206 valence electrons. The molecule has 2 aromatic rings. The first-order valence-electron chi connectivity index (χ1n) is 12.9. The van der Waals surface area contributed by atoms with Gasteiger partial charge in [0.1, 0.15) is 11.9 Å². The highest BCUT2D eigenvalue weighted by molar-refractivity contribution is 5.93. The molecular formula is C28H37N9O2. The molecular weight excluding hydrogens is 494 g/mol. The molecule has 1 aromatic carbocycles. The molecule has 2 heterocycles. The third-order valence-corrected chi connectivity index (χ3v) is 6.09. The van der Waals surface area contributed by atoms with E-state index >= 15 is 0 Å². The predicted octanol–water partition coefficient (Wildman–Crippen LogP) is 2.20. The van der Waals surface area contributed by atoms with Crippen LogP contribution in [0.2, 0.25) is 0 Å². The molecule has 1 fully saturated rings. The van der Waals surface area contributed by atoms with Crippen molar-refractivity contribution < 1.29 is 9.59 Å². The fraction of sp³-hybridized carbons (Fsp3) is 0.393. The van der Waals surface area contributed by atoms with Crippen LogP contribution in [0.5, 0.6) is 0 Å². The first-order chi connectivity index (χ1) is 18.8. The van der Waals surface area contributed by atoms with Crippen LogP contribution >= 0.6 is 0 Å². The van der Waals surface area contributed by atoms with E-state index in [9.17, 15) is 9.59 Å². The second kappa shape index (κ2) is 14.5. The fourth-order valence-electron chi connectivity index (χ4n) is 4.06. The van der Waals surface area contributed by atoms with Gasteiger partial charge in [-0.05, 0) is 51.6 Å². The van der Waals surface area contributed by atoms with Gasteiger partial charge in [0, 0.05) is 62.3 Å². The smallest absolute Gasteiger partial charge is 0.246 e. The summed E-state index contributed by atoms with van der Waals surface area (Å²) >= 11 is 0. The minimum atomic E-state index is -0.417. The number of rotatable bonds is 11. The van der Waals surface area contributed by atoms with E-state index in [1.807, 2.05) is 25.1 Å². The van der Waals surface area contributed by atoms with Crippen LogP contribution in [0.3, 0.4) is 0 Å². The topological polar surface area (TPSA) is 152 Å². The number of nitrogens with two attached hydrogens (primary N) is 1. The Bertz CT molecular complexity index is 1260. The zero-order valence-corrected chi connectivity index (χ0v) is 22.8. The van der Waals surface area contributed by atoms with Gasteiger partial charge in [-0.1, -0.05) is 17.9 Å². The number of unbranched alkanes of at least 4 members (excludes halogenated alkanes) is 1. The molecule has 3 rings (SSSR count). The molecule has 0 unspecified atom stereocenters. The van der Waals surface area contributed by atoms with Crippen molar-refractivity contribution in [2.24, 2.45) is 0 Å². The highest BCUT2D eigenvalue weighted by Gasteiger charge is 2.32. The van der Waals surface area contributed by atoms with Crippen molar-refractivity contribution in [3.8, 4) is 11.8 Å². The summed E-state index contributed by atoms with van der Waals surface area (Å²) in [5.41, 5.74) is 8.35. The number of hydrogen-bond donors (Lipinski definition) is 5. The summed E-state index contributed by atoms with van der Waals surface area (Å²) in [5.74, 6) is 6.94. The third kappa shape index (κ3) is 8.55. The summed E-state index contributed by atoms with van der Waals surface area (Å²) in [4.78, 5) is 37.6. The molecule has 1 saturated heterocycles. The summed E-state index contributed by atoms with van der Waals surface area (Å²) in [6.07, 6.45) is 8.98. The Hall–Kier alpha value is -4.43.